The molecule has 0 aliphatic carbocycles. The molecule has 1 heterocycles. The molecule has 2 N–H and O–H groups in total. The first-order valence-corrected chi connectivity index (χ1v) is 7.21. The molecule has 0 unspecified atom stereocenters. The zero-order chi connectivity index (χ0) is 15.8. The van der Waals surface area contributed by atoms with Gasteiger partial charge in [0.15, 0.2) is 11.8 Å². The van der Waals surface area contributed by atoms with Crippen molar-refractivity contribution in [3.63, 3.8) is 0 Å². The summed E-state index contributed by atoms with van der Waals surface area (Å²) in [5, 5.41) is 14.5. The maximum absolute atomic E-state index is 5.34. The number of nitrogens with one attached hydrogen (secondary N) is 2. The number of hydrogen-bond donors (Lipinski definition) is 2. The second-order valence-corrected chi connectivity index (χ2v) is 4.62. The van der Waals surface area contributed by atoms with Gasteiger partial charge in [0.1, 0.15) is 12.1 Å². The molecule has 2 aromatic rings. The van der Waals surface area contributed by atoms with Gasteiger partial charge in [-0.15, -0.1) is 10.2 Å². The van der Waals surface area contributed by atoms with Crippen molar-refractivity contribution < 1.29 is 4.74 Å². The average Bonchev–Trinajstić information content (AvgIpc) is 3.03. The van der Waals surface area contributed by atoms with Crippen LogP contribution in [0.25, 0.3) is 0 Å². The third kappa shape index (κ3) is 3.97. The lowest BCUT2D eigenvalue weighted by Gasteiger charge is -2.13. The molecule has 0 spiro atoms. The van der Waals surface area contributed by atoms with Crippen molar-refractivity contribution in [2.75, 3.05) is 14.2 Å². The van der Waals surface area contributed by atoms with Crippen molar-refractivity contribution in [2.24, 2.45) is 4.99 Å². The van der Waals surface area contributed by atoms with Gasteiger partial charge in [0.2, 0.25) is 0 Å². The summed E-state index contributed by atoms with van der Waals surface area (Å²) in [6.45, 7) is 4.10. The minimum absolute atomic E-state index is 0.569. The molecule has 0 aliphatic heterocycles. The van der Waals surface area contributed by atoms with Crippen LogP contribution in [0.3, 0.4) is 0 Å². The van der Waals surface area contributed by atoms with E-state index in [9.17, 15) is 0 Å². The summed E-state index contributed by atoms with van der Waals surface area (Å²) in [6.07, 6.45) is 1.72. The van der Waals surface area contributed by atoms with Crippen LogP contribution in [0, 0.1) is 0 Å². The lowest BCUT2D eigenvalue weighted by atomic mass is 10.2. The molecule has 0 fully saturated rings. The molecule has 0 bridgehead atoms. The SMILES string of the molecule is CCn1cnnc1CNC(=NC)NCc1ccccc1OC. The molecule has 7 heteroatoms. The van der Waals surface area contributed by atoms with Crippen molar-refractivity contribution in [3.05, 3.63) is 42.0 Å². The van der Waals surface area contributed by atoms with E-state index in [1.54, 1.807) is 20.5 Å². The number of aliphatic imine (C=N–C) groups is 1. The van der Waals surface area contributed by atoms with Gasteiger partial charge in [-0.3, -0.25) is 4.99 Å². The van der Waals surface area contributed by atoms with Crippen molar-refractivity contribution in [3.8, 4) is 5.75 Å². The Hall–Kier alpha value is -2.57. The fraction of sp³-hybridized carbons (Fsp3) is 0.400. The van der Waals surface area contributed by atoms with Crippen molar-refractivity contribution in [1.82, 2.24) is 25.4 Å². The van der Waals surface area contributed by atoms with Crippen LogP contribution in [0.1, 0.15) is 18.3 Å². The summed E-state index contributed by atoms with van der Waals surface area (Å²) < 4.78 is 7.33. The van der Waals surface area contributed by atoms with Crippen LogP contribution in [0.2, 0.25) is 0 Å². The lowest BCUT2D eigenvalue weighted by molar-refractivity contribution is 0.409. The second-order valence-electron chi connectivity index (χ2n) is 4.62. The van der Waals surface area contributed by atoms with Crippen LogP contribution >= 0.6 is 0 Å². The molecule has 0 atom stereocenters. The Morgan fingerprint density at radius 1 is 1.27 bits per heavy atom. The predicted molar refractivity (Wildman–Crippen MR) is 85.7 cm³/mol. The number of para-hydroxylation sites is 1. The van der Waals surface area contributed by atoms with Crippen molar-refractivity contribution >= 4 is 5.96 Å². The van der Waals surface area contributed by atoms with Gasteiger partial charge < -0.3 is 19.9 Å². The summed E-state index contributed by atoms with van der Waals surface area (Å²) in [5.74, 6) is 2.44. The van der Waals surface area contributed by atoms with Gasteiger partial charge in [-0.2, -0.15) is 0 Å². The summed E-state index contributed by atoms with van der Waals surface area (Å²) >= 11 is 0. The minimum Gasteiger partial charge on any atom is -0.496 e. The topological polar surface area (TPSA) is 76.4 Å². The third-order valence-electron chi connectivity index (χ3n) is 3.31. The zero-order valence-electron chi connectivity index (χ0n) is 13.2. The number of hydrogen-bond acceptors (Lipinski definition) is 4. The average molecular weight is 302 g/mol. The molecular weight excluding hydrogens is 280 g/mol. The van der Waals surface area contributed by atoms with Gasteiger partial charge >= 0.3 is 0 Å². The maximum Gasteiger partial charge on any atom is 0.191 e. The number of benzene rings is 1. The minimum atomic E-state index is 0.569. The van der Waals surface area contributed by atoms with E-state index in [0.717, 1.165) is 23.7 Å². The van der Waals surface area contributed by atoms with E-state index in [2.05, 4.69) is 32.7 Å². The van der Waals surface area contributed by atoms with E-state index < -0.39 is 0 Å². The van der Waals surface area contributed by atoms with E-state index >= 15 is 0 Å². The highest BCUT2D eigenvalue weighted by Crippen LogP contribution is 2.16. The Kier molecular flexibility index (Phi) is 5.76. The number of nitrogens with zero attached hydrogens (tertiary/aromatic N) is 4. The molecule has 0 amide bonds. The number of rotatable bonds is 6. The van der Waals surface area contributed by atoms with Crippen LogP contribution in [0.5, 0.6) is 5.75 Å². The van der Waals surface area contributed by atoms with Gasteiger partial charge in [-0.1, -0.05) is 18.2 Å². The van der Waals surface area contributed by atoms with Gasteiger partial charge in [0.05, 0.1) is 13.7 Å². The number of methoxy groups -OCH3 is 1. The highest BCUT2D eigenvalue weighted by atomic mass is 16.5. The maximum atomic E-state index is 5.34. The number of aromatic nitrogens is 3. The van der Waals surface area contributed by atoms with Gasteiger partial charge in [0.25, 0.3) is 0 Å². The largest absolute Gasteiger partial charge is 0.496 e. The van der Waals surface area contributed by atoms with Crippen LogP contribution in [-0.2, 0) is 19.6 Å². The fourth-order valence-electron chi connectivity index (χ4n) is 2.09. The standard InChI is InChI=1S/C15H22N6O/c1-4-21-11-19-20-14(21)10-18-15(16-2)17-9-12-7-5-6-8-13(12)22-3/h5-8,11H,4,9-10H2,1-3H3,(H2,16,17,18). The van der Waals surface area contributed by atoms with Gasteiger partial charge in [0, 0.05) is 25.7 Å². The molecule has 0 saturated heterocycles. The van der Waals surface area contributed by atoms with E-state index in [0.29, 0.717) is 19.0 Å². The van der Waals surface area contributed by atoms with E-state index in [-0.39, 0.29) is 0 Å². The molecule has 7 nitrogen and oxygen atoms in total. The van der Waals surface area contributed by atoms with Crippen LogP contribution in [0.15, 0.2) is 35.6 Å². The summed E-state index contributed by atoms with van der Waals surface area (Å²) in [7, 11) is 3.41. The first-order valence-electron chi connectivity index (χ1n) is 7.21. The van der Waals surface area contributed by atoms with Crippen LogP contribution in [-0.4, -0.2) is 34.9 Å². The van der Waals surface area contributed by atoms with E-state index in [1.807, 2.05) is 28.8 Å². The Labute approximate surface area is 130 Å². The quantitative estimate of drug-likeness (QED) is 0.619. The Morgan fingerprint density at radius 2 is 2.05 bits per heavy atom. The number of ether oxygens (including phenoxy) is 1. The monoisotopic (exact) mass is 302 g/mol. The number of aryl methyl sites for hydroxylation is 1. The normalized spacial score (nSPS) is 11.3. The molecule has 118 valence electrons. The van der Waals surface area contributed by atoms with Crippen molar-refractivity contribution in [1.29, 1.82) is 0 Å². The van der Waals surface area contributed by atoms with Gasteiger partial charge in [-0.25, -0.2) is 0 Å². The number of guanidine groups is 1. The van der Waals surface area contributed by atoms with Gasteiger partial charge in [-0.05, 0) is 13.0 Å². The highest BCUT2D eigenvalue weighted by molar-refractivity contribution is 5.79. The fourth-order valence-corrected chi connectivity index (χ4v) is 2.09. The van der Waals surface area contributed by atoms with Crippen molar-refractivity contribution in [2.45, 2.75) is 26.6 Å². The highest BCUT2D eigenvalue weighted by Gasteiger charge is 2.06. The Bertz CT molecular complexity index is 622. The first-order chi connectivity index (χ1) is 10.8. The smallest absolute Gasteiger partial charge is 0.191 e. The summed E-state index contributed by atoms with van der Waals surface area (Å²) in [5.41, 5.74) is 1.07. The second kappa shape index (κ2) is 8.02. The molecule has 2 rings (SSSR count). The lowest BCUT2D eigenvalue weighted by Crippen LogP contribution is -2.37. The molecule has 1 aromatic heterocycles. The Balaban J connectivity index is 1.90. The van der Waals surface area contributed by atoms with E-state index in [4.69, 9.17) is 4.74 Å². The molecule has 1 aromatic carbocycles. The summed E-state index contributed by atoms with van der Waals surface area (Å²) in [4.78, 5) is 4.21. The molecular formula is C15H22N6O. The molecule has 22 heavy (non-hydrogen) atoms. The van der Waals surface area contributed by atoms with Crippen LogP contribution < -0.4 is 15.4 Å². The molecule has 0 radical (unpaired) electrons. The zero-order valence-corrected chi connectivity index (χ0v) is 13.2. The van der Waals surface area contributed by atoms with Crippen LogP contribution in [0.4, 0.5) is 0 Å². The third-order valence-corrected chi connectivity index (χ3v) is 3.31. The first kappa shape index (κ1) is 15.8. The molecule has 0 aliphatic rings. The predicted octanol–water partition coefficient (Wildman–Crippen LogP) is 1.17. The summed E-state index contributed by atoms with van der Waals surface area (Å²) in [6, 6.07) is 7.90. The molecule has 0 saturated carbocycles. The Morgan fingerprint density at radius 3 is 2.77 bits per heavy atom. The van der Waals surface area contributed by atoms with E-state index in [1.165, 1.54) is 0 Å².